The second-order valence-electron chi connectivity index (χ2n) is 7.07. The van der Waals surface area contributed by atoms with Crippen molar-refractivity contribution >= 4 is 33.2 Å². The summed E-state index contributed by atoms with van der Waals surface area (Å²) in [6.07, 6.45) is 7.67. The van der Waals surface area contributed by atoms with Crippen LogP contribution in [0.3, 0.4) is 0 Å². The van der Waals surface area contributed by atoms with Gasteiger partial charge in [0.2, 0.25) is 10.0 Å². The Balaban J connectivity index is 1.73. The van der Waals surface area contributed by atoms with Gasteiger partial charge in [0.25, 0.3) is 5.91 Å². The molecule has 1 aliphatic carbocycles. The van der Waals surface area contributed by atoms with Crippen molar-refractivity contribution in [2.75, 3.05) is 17.7 Å². The third kappa shape index (κ3) is 3.59. The molecule has 0 fully saturated rings. The van der Waals surface area contributed by atoms with E-state index >= 15 is 0 Å². The van der Waals surface area contributed by atoms with Crippen molar-refractivity contribution in [1.82, 2.24) is 9.71 Å². The van der Waals surface area contributed by atoms with E-state index in [1.165, 1.54) is 0 Å². The molecule has 0 saturated heterocycles. The maximum Gasteiger partial charge on any atom is 0.258 e. The van der Waals surface area contributed by atoms with Crippen LogP contribution in [0, 0.1) is 0 Å². The Bertz CT molecular complexity index is 1020. The van der Waals surface area contributed by atoms with Crippen LogP contribution in [-0.2, 0) is 22.9 Å². The highest BCUT2D eigenvalue weighted by Crippen LogP contribution is 2.37. The molecule has 0 spiro atoms. The smallest absolute Gasteiger partial charge is 0.258 e. The number of nitrogens with zero attached hydrogens (tertiary/aromatic N) is 2. The van der Waals surface area contributed by atoms with Crippen LogP contribution in [0.2, 0.25) is 5.02 Å². The highest BCUT2D eigenvalue weighted by molar-refractivity contribution is 7.88. The van der Waals surface area contributed by atoms with Gasteiger partial charge in [-0.15, -0.1) is 0 Å². The second kappa shape index (κ2) is 6.89. The van der Waals surface area contributed by atoms with Gasteiger partial charge in [-0.2, -0.15) is 0 Å². The van der Waals surface area contributed by atoms with Crippen LogP contribution in [0.15, 0.2) is 30.6 Å². The maximum atomic E-state index is 13.1. The van der Waals surface area contributed by atoms with Crippen LogP contribution in [0.4, 0.5) is 5.69 Å². The number of pyridine rings is 1. The molecular formula is C19H20ClN3O3S. The van der Waals surface area contributed by atoms with Gasteiger partial charge in [0, 0.05) is 29.4 Å². The molecule has 2 heterocycles. The highest BCUT2D eigenvalue weighted by Gasteiger charge is 2.31. The molecule has 4 rings (SSSR count). The topological polar surface area (TPSA) is 79.4 Å². The average molecular weight is 406 g/mol. The first kappa shape index (κ1) is 18.4. The standard InChI is InChI=1S/C19H20ClN3O3S/c1-27(25,26)22-17-4-2-3-15-16(17)10-21-11-18(15)23-8-7-12-9-13(20)5-6-14(12)19(23)24/h5-6,9-11,17,22H,2-4,7-8H2,1H3/t17-/m0/s1. The molecule has 27 heavy (non-hydrogen) atoms. The summed E-state index contributed by atoms with van der Waals surface area (Å²) in [5, 5.41) is 0.628. The van der Waals surface area contributed by atoms with Crippen LogP contribution < -0.4 is 9.62 Å². The van der Waals surface area contributed by atoms with Crippen molar-refractivity contribution in [3.8, 4) is 0 Å². The van der Waals surface area contributed by atoms with E-state index in [0.29, 0.717) is 17.1 Å². The lowest BCUT2D eigenvalue weighted by atomic mass is 9.88. The van der Waals surface area contributed by atoms with Crippen molar-refractivity contribution in [1.29, 1.82) is 0 Å². The molecule has 1 aromatic carbocycles. The molecule has 0 radical (unpaired) electrons. The zero-order valence-electron chi connectivity index (χ0n) is 14.9. The van der Waals surface area contributed by atoms with Gasteiger partial charge in [0.15, 0.2) is 0 Å². The summed E-state index contributed by atoms with van der Waals surface area (Å²) in [6, 6.07) is 5.04. The van der Waals surface area contributed by atoms with Crippen LogP contribution in [0.5, 0.6) is 0 Å². The van der Waals surface area contributed by atoms with E-state index in [2.05, 4.69) is 9.71 Å². The van der Waals surface area contributed by atoms with Gasteiger partial charge < -0.3 is 4.90 Å². The maximum absolute atomic E-state index is 13.1. The molecular weight excluding hydrogens is 386 g/mol. The summed E-state index contributed by atoms with van der Waals surface area (Å²) >= 11 is 6.05. The number of hydrogen-bond acceptors (Lipinski definition) is 4. The summed E-state index contributed by atoms with van der Waals surface area (Å²) in [5.74, 6) is -0.0682. The number of rotatable bonds is 3. The summed E-state index contributed by atoms with van der Waals surface area (Å²) in [7, 11) is -3.33. The third-order valence-corrected chi connectivity index (χ3v) is 6.11. The van der Waals surface area contributed by atoms with Crippen LogP contribution in [0.1, 0.15) is 45.9 Å². The van der Waals surface area contributed by atoms with Crippen molar-refractivity contribution in [2.24, 2.45) is 0 Å². The lowest BCUT2D eigenvalue weighted by molar-refractivity contribution is 0.0980. The van der Waals surface area contributed by atoms with Gasteiger partial charge in [0.1, 0.15) is 0 Å². The first-order valence-corrected chi connectivity index (χ1v) is 11.1. The number of sulfonamides is 1. The molecule has 1 aliphatic heterocycles. The Labute approximate surface area is 163 Å². The van der Waals surface area contributed by atoms with E-state index in [4.69, 9.17) is 11.6 Å². The lowest BCUT2D eigenvalue weighted by Gasteiger charge is -2.33. The van der Waals surface area contributed by atoms with E-state index in [0.717, 1.165) is 54.3 Å². The number of fused-ring (bicyclic) bond motifs is 2. The highest BCUT2D eigenvalue weighted by atomic mass is 35.5. The molecule has 0 unspecified atom stereocenters. The fraction of sp³-hybridized carbons (Fsp3) is 0.368. The number of nitrogens with one attached hydrogen (secondary N) is 1. The predicted molar refractivity (Wildman–Crippen MR) is 105 cm³/mol. The molecule has 0 bridgehead atoms. The van der Waals surface area contributed by atoms with Gasteiger partial charge in [0.05, 0.1) is 18.1 Å². The van der Waals surface area contributed by atoms with E-state index in [1.807, 2.05) is 6.07 Å². The first-order chi connectivity index (χ1) is 12.8. The zero-order chi connectivity index (χ0) is 19.2. The van der Waals surface area contributed by atoms with Crippen LogP contribution >= 0.6 is 11.6 Å². The minimum atomic E-state index is -3.33. The van der Waals surface area contributed by atoms with Gasteiger partial charge in [-0.3, -0.25) is 9.78 Å². The number of amides is 1. The fourth-order valence-electron chi connectivity index (χ4n) is 4.00. The predicted octanol–water partition coefficient (Wildman–Crippen LogP) is 2.86. The number of carbonyl (C=O) groups is 1. The summed E-state index contributed by atoms with van der Waals surface area (Å²) in [4.78, 5) is 19.1. The summed E-state index contributed by atoms with van der Waals surface area (Å²) in [5.41, 5.74) is 4.25. The molecule has 2 aliphatic rings. The van der Waals surface area contributed by atoms with E-state index in [1.54, 1.807) is 29.4 Å². The van der Waals surface area contributed by atoms with Crippen molar-refractivity contribution in [3.05, 3.63) is 57.9 Å². The van der Waals surface area contributed by atoms with E-state index in [9.17, 15) is 13.2 Å². The average Bonchev–Trinajstić information content (AvgIpc) is 2.61. The number of carbonyl (C=O) groups excluding carboxylic acids is 1. The SMILES string of the molecule is CS(=O)(=O)N[C@H]1CCCc2c1cncc2N1CCc2cc(Cl)ccc2C1=O. The van der Waals surface area contributed by atoms with Gasteiger partial charge in [-0.25, -0.2) is 13.1 Å². The number of anilines is 1. The van der Waals surface area contributed by atoms with Crippen LogP contribution in [-0.4, -0.2) is 32.1 Å². The zero-order valence-corrected chi connectivity index (χ0v) is 16.5. The summed E-state index contributed by atoms with van der Waals surface area (Å²) < 4.78 is 26.1. The molecule has 1 aromatic heterocycles. The Kier molecular flexibility index (Phi) is 4.70. The molecule has 1 atom stereocenters. The molecule has 8 heteroatoms. The van der Waals surface area contributed by atoms with Crippen LogP contribution in [0.25, 0.3) is 0 Å². The quantitative estimate of drug-likeness (QED) is 0.851. The monoisotopic (exact) mass is 405 g/mol. The van der Waals surface area contributed by atoms with Crippen molar-refractivity contribution in [3.63, 3.8) is 0 Å². The fourth-order valence-corrected chi connectivity index (χ4v) is 4.96. The molecule has 6 nitrogen and oxygen atoms in total. The number of hydrogen-bond donors (Lipinski definition) is 1. The number of aromatic nitrogens is 1. The van der Waals surface area contributed by atoms with Crippen molar-refractivity contribution < 1.29 is 13.2 Å². The molecule has 2 aromatic rings. The molecule has 0 saturated carbocycles. The Morgan fingerprint density at radius 2 is 2.07 bits per heavy atom. The second-order valence-corrected chi connectivity index (χ2v) is 9.29. The molecule has 1 N–H and O–H groups in total. The Hall–Kier alpha value is -1.96. The van der Waals surface area contributed by atoms with Crippen molar-refractivity contribution in [2.45, 2.75) is 31.7 Å². The molecule has 1 amide bonds. The minimum Gasteiger partial charge on any atom is -0.306 e. The molecule has 142 valence electrons. The normalized spacial score (nSPS) is 19.6. The Morgan fingerprint density at radius 3 is 2.85 bits per heavy atom. The number of benzene rings is 1. The van der Waals surface area contributed by atoms with E-state index in [-0.39, 0.29) is 11.9 Å². The first-order valence-electron chi connectivity index (χ1n) is 8.88. The van der Waals surface area contributed by atoms with Gasteiger partial charge in [-0.1, -0.05) is 11.6 Å². The van der Waals surface area contributed by atoms with E-state index < -0.39 is 10.0 Å². The largest absolute Gasteiger partial charge is 0.306 e. The minimum absolute atomic E-state index is 0.0682. The van der Waals surface area contributed by atoms with Gasteiger partial charge >= 0.3 is 0 Å². The third-order valence-electron chi connectivity index (χ3n) is 5.16. The van der Waals surface area contributed by atoms with Gasteiger partial charge in [-0.05, 0) is 60.6 Å². The Morgan fingerprint density at radius 1 is 1.26 bits per heavy atom. The number of halogens is 1. The summed E-state index contributed by atoms with van der Waals surface area (Å²) in [6.45, 7) is 0.550. The lowest BCUT2D eigenvalue weighted by Crippen LogP contribution is -2.39.